The number of rotatable bonds is 3. The summed E-state index contributed by atoms with van der Waals surface area (Å²) in [6, 6.07) is 8.93. The molecule has 0 aliphatic carbocycles. The number of imide groups is 1. The quantitative estimate of drug-likeness (QED) is 0.665. The summed E-state index contributed by atoms with van der Waals surface area (Å²) in [4.78, 5) is 37.2. The Balaban J connectivity index is 1.45. The van der Waals surface area contributed by atoms with Gasteiger partial charge in [0, 0.05) is 25.3 Å². The summed E-state index contributed by atoms with van der Waals surface area (Å²) < 4.78 is 1.70. The smallest absolute Gasteiger partial charge is 0.261 e. The van der Waals surface area contributed by atoms with Crippen LogP contribution in [0.25, 0.3) is 5.78 Å². The van der Waals surface area contributed by atoms with Gasteiger partial charge in [-0.05, 0) is 31.0 Å². The first-order chi connectivity index (χ1) is 12.7. The van der Waals surface area contributed by atoms with Gasteiger partial charge in [0.05, 0.1) is 11.1 Å². The van der Waals surface area contributed by atoms with Crippen molar-refractivity contribution in [2.75, 3.05) is 18.0 Å². The lowest BCUT2D eigenvalue weighted by Gasteiger charge is -2.29. The molecule has 8 nitrogen and oxygen atoms in total. The largest absolute Gasteiger partial charge is 0.352 e. The van der Waals surface area contributed by atoms with Crippen LogP contribution in [-0.4, -0.2) is 55.4 Å². The van der Waals surface area contributed by atoms with E-state index in [1.54, 1.807) is 35.0 Å². The van der Waals surface area contributed by atoms with Crippen LogP contribution in [0.5, 0.6) is 0 Å². The van der Waals surface area contributed by atoms with E-state index in [1.165, 1.54) is 11.2 Å². The highest BCUT2D eigenvalue weighted by Crippen LogP contribution is 2.29. The molecule has 26 heavy (non-hydrogen) atoms. The maximum Gasteiger partial charge on any atom is 0.261 e. The first kappa shape index (κ1) is 15.0. The van der Waals surface area contributed by atoms with E-state index in [0.29, 0.717) is 23.4 Å². The lowest BCUT2D eigenvalue weighted by molar-refractivity contribution is 0.0645. The number of carbonyl (C=O) groups excluding carboxylic acids is 2. The minimum absolute atomic E-state index is 0.0482. The fourth-order valence-corrected chi connectivity index (χ4v) is 3.89. The zero-order valence-corrected chi connectivity index (χ0v) is 13.9. The second-order valence-electron chi connectivity index (χ2n) is 6.53. The molecule has 0 saturated carbocycles. The molecular weight excluding hydrogens is 332 g/mol. The highest BCUT2D eigenvalue weighted by atomic mass is 16.2. The van der Waals surface area contributed by atoms with Crippen LogP contribution in [0, 0.1) is 0 Å². The van der Waals surface area contributed by atoms with Crippen molar-refractivity contribution >= 4 is 23.4 Å². The number of carbonyl (C=O) groups is 2. The minimum atomic E-state index is -0.210. The van der Waals surface area contributed by atoms with E-state index in [9.17, 15) is 9.59 Å². The van der Waals surface area contributed by atoms with Crippen molar-refractivity contribution in [2.45, 2.75) is 18.9 Å². The summed E-state index contributed by atoms with van der Waals surface area (Å²) in [7, 11) is 0. The Bertz CT molecular complexity index is 994. The van der Waals surface area contributed by atoms with Crippen LogP contribution in [0.4, 0.5) is 5.82 Å². The number of nitrogens with zero attached hydrogens (tertiary/aromatic N) is 6. The predicted molar refractivity (Wildman–Crippen MR) is 93.0 cm³/mol. The third-order valence-electron chi connectivity index (χ3n) is 5.10. The van der Waals surface area contributed by atoms with E-state index in [4.69, 9.17) is 0 Å². The third kappa shape index (κ3) is 2.11. The third-order valence-corrected chi connectivity index (χ3v) is 5.10. The van der Waals surface area contributed by atoms with Gasteiger partial charge in [0.25, 0.3) is 17.6 Å². The van der Waals surface area contributed by atoms with Crippen LogP contribution in [0.3, 0.4) is 0 Å². The molecule has 1 fully saturated rings. The molecule has 2 aliphatic rings. The van der Waals surface area contributed by atoms with Crippen LogP contribution in [-0.2, 0) is 0 Å². The van der Waals surface area contributed by atoms with Crippen molar-refractivity contribution in [3.63, 3.8) is 0 Å². The van der Waals surface area contributed by atoms with Gasteiger partial charge >= 0.3 is 0 Å². The van der Waals surface area contributed by atoms with Crippen LogP contribution in [0.2, 0.25) is 0 Å². The number of aromatic nitrogens is 4. The van der Waals surface area contributed by atoms with Gasteiger partial charge in [-0.1, -0.05) is 12.1 Å². The van der Waals surface area contributed by atoms with Gasteiger partial charge in [0.1, 0.15) is 12.1 Å². The van der Waals surface area contributed by atoms with Crippen molar-refractivity contribution < 1.29 is 9.59 Å². The summed E-state index contributed by atoms with van der Waals surface area (Å²) in [6.45, 7) is 1.21. The van der Waals surface area contributed by atoms with Gasteiger partial charge < -0.3 is 4.90 Å². The van der Waals surface area contributed by atoms with E-state index in [1.807, 2.05) is 6.07 Å². The Kier molecular flexibility index (Phi) is 3.24. The zero-order chi connectivity index (χ0) is 17.7. The first-order valence-electron chi connectivity index (χ1n) is 8.60. The average Bonchev–Trinajstić information content (AvgIpc) is 3.38. The van der Waals surface area contributed by atoms with E-state index < -0.39 is 0 Å². The number of benzene rings is 1. The number of hydrogen-bond acceptors (Lipinski definition) is 6. The molecule has 2 aliphatic heterocycles. The van der Waals surface area contributed by atoms with Crippen molar-refractivity contribution in [1.82, 2.24) is 24.5 Å². The standard InChI is InChI=1S/C18H16N6O2/c25-16-13-5-1-2-6-14(13)17(26)23(16)10-12-4-3-9-22(12)15-7-8-19-18-20-11-21-24(15)18/h1-2,5-8,11-12H,3-4,9-10H2/t12-/m1/s1. The molecule has 3 aromatic rings. The first-order valence-corrected chi connectivity index (χ1v) is 8.60. The number of amides is 2. The summed E-state index contributed by atoms with van der Waals surface area (Å²) in [6.07, 6.45) is 5.08. The lowest BCUT2D eigenvalue weighted by Crippen LogP contribution is -2.43. The Morgan fingerprint density at radius 3 is 2.58 bits per heavy atom. The van der Waals surface area contributed by atoms with E-state index in [-0.39, 0.29) is 17.9 Å². The van der Waals surface area contributed by atoms with Crippen molar-refractivity contribution in [1.29, 1.82) is 0 Å². The van der Waals surface area contributed by atoms with Gasteiger partial charge in [-0.2, -0.15) is 14.6 Å². The van der Waals surface area contributed by atoms with Crippen LogP contribution in [0.1, 0.15) is 33.6 Å². The van der Waals surface area contributed by atoms with Crippen molar-refractivity contribution in [3.05, 3.63) is 54.0 Å². The van der Waals surface area contributed by atoms with Gasteiger partial charge in [-0.15, -0.1) is 0 Å². The molecule has 0 spiro atoms. The molecule has 0 N–H and O–H groups in total. The van der Waals surface area contributed by atoms with Gasteiger partial charge in [-0.25, -0.2) is 4.98 Å². The van der Waals surface area contributed by atoms with Crippen molar-refractivity contribution in [3.8, 4) is 0 Å². The second kappa shape index (κ2) is 5.62. The molecule has 0 unspecified atom stereocenters. The van der Waals surface area contributed by atoms with Gasteiger partial charge in [0.15, 0.2) is 0 Å². The topological polar surface area (TPSA) is 83.7 Å². The van der Waals surface area contributed by atoms with Gasteiger partial charge in [0.2, 0.25) is 0 Å². The molecular formula is C18H16N6O2. The monoisotopic (exact) mass is 348 g/mol. The Labute approximate surface area is 149 Å². The number of anilines is 1. The Morgan fingerprint density at radius 1 is 1.04 bits per heavy atom. The SMILES string of the molecule is O=C1c2ccccc2C(=O)N1C[C@H]1CCCN1c1ccnc2ncnn12. The van der Waals surface area contributed by atoms with Crippen molar-refractivity contribution in [2.24, 2.45) is 0 Å². The highest BCUT2D eigenvalue weighted by molar-refractivity contribution is 6.21. The highest BCUT2D eigenvalue weighted by Gasteiger charge is 2.38. The molecule has 5 rings (SSSR count). The maximum atomic E-state index is 12.7. The van der Waals surface area contributed by atoms with E-state index in [0.717, 1.165) is 25.2 Å². The molecule has 1 aromatic carbocycles. The molecule has 4 heterocycles. The maximum absolute atomic E-state index is 12.7. The fourth-order valence-electron chi connectivity index (χ4n) is 3.89. The Hall–Kier alpha value is -3.29. The molecule has 1 atom stereocenters. The van der Waals surface area contributed by atoms with Crippen LogP contribution >= 0.6 is 0 Å². The molecule has 2 aromatic heterocycles. The lowest BCUT2D eigenvalue weighted by atomic mass is 10.1. The van der Waals surface area contributed by atoms with E-state index >= 15 is 0 Å². The summed E-state index contributed by atoms with van der Waals surface area (Å²) in [5, 5.41) is 4.25. The molecule has 0 bridgehead atoms. The second-order valence-corrected chi connectivity index (χ2v) is 6.53. The molecule has 130 valence electrons. The normalized spacial score (nSPS) is 19.6. The zero-order valence-electron chi connectivity index (χ0n) is 13.9. The predicted octanol–water partition coefficient (Wildman–Crippen LogP) is 1.39. The van der Waals surface area contributed by atoms with Gasteiger partial charge in [-0.3, -0.25) is 14.5 Å². The fraction of sp³-hybridized carbons (Fsp3) is 0.278. The summed E-state index contributed by atoms with van der Waals surface area (Å²) in [5.41, 5.74) is 0.981. The summed E-state index contributed by atoms with van der Waals surface area (Å²) >= 11 is 0. The van der Waals surface area contributed by atoms with Crippen LogP contribution in [0.15, 0.2) is 42.9 Å². The summed E-state index contributed by atoms with van der Waals surface area (Å²) in [5.74, 6) is 0.997. The molecule has 1 saturated heterocycles. The Morgan fingerprint density at radius 2 is 1.81 bits per heavy atom. The molecule has 0 radical (unpaired) electrons. The van der Waals surface area contributed by atoms with Crippen LogP contribution < -0.4 is 4.90 Å². The average molecular weight is 348 g/mol. The minimum Gasteiger partial charge on any atom is -0.352 e. The molecule has 8 heteroatoms. The van der Waals surface area contributed by atoms with E-state index in [2.05, 4.69) is 20.0 Å². The molecule has 2 amide bonds. The number of hydrogen-bond donors (Lipinski definition) is 0. The number of fused-ring (bicyclic) bond motifs is 2.